The van der Waals surface area contributed by atoms with Crippen molar-refractivity contribution in [1.29, 1.82) is 0 Å². The Morgan fingerprint density at radius 3 is 2.39 bits per heavy atom. The molecule has 0 spiro atoms. The Balaban J connectivity index is 2.31. The van der Waals surface area contributed by atoms with E-state index in [0.29, 0.717) is 6.07 Å². The smallest absolute Gasteiger partial charge is 0.243 e. The predicted molar refractivity (Wildman–Crippen MR) is 63.3 cm³/mol. The van der Waals surface area contributed by atoms with Crippen molar-refractivity contribution in [3.63, 3.8) is 0 Å². The molecule has 0 saturated heterocycles. The second-order valence-corrected chi connectivity index (χ2v) is 6.09. The Hall–Kier alpha value is -1.21. The van der Waals surface area contributed by atoms with Crippen LogP contribution >= 0.6 is 0 Å². The van der Waals surface area contributed by atoms with Crippen LogP contribution < -0.4 is 10.5 Å². The highest BCUT2D eigenvalue weighted by atomic mass is 32.2. The Morgan fingerprint density at radius 2 is 1.78 bits per heavy atom. The van der Waals surface area contributed by atoms with Gasteiger partial charge in [0.1, 0.15) is 16.5 Å². The maximum Gasteiger partial charge on any atom is 0.243 e. The van der Waals surface area contributed by atoms with Gasteiger partial charge in [-0.2, -0.15) is 0 Å². The van der Waals surface area contributed by atoms with Crippen LogP contribution in [0.2, 0.25) is 0 Å². The van der Waals surface area contributed by atoms with Crippen LogP contribution in [0.4, 0.5) is 14.5 Å². The van der Waals surface area contributed by atoms with Crippen LogP contribution in [-0.4, -0.2) is 14.5 Å². The fourth-order valence-electron chi connectivity index (χ4n) is 2.08. The van der Waals surface area contributed by atoms with Crippen LogP contribution in [0.5, 0.6) is 0 Å². The van der Waals surface area contributed by atoms with Crippen molar-refractivity contribution in [2.24, 2.45) is 0 Å². The lowest BCUT2D eigenvalue weighted by molar-refractivity contribution is 0.530. The number of anilines is 1. The van der Waals surface area contributed by atoms with Crippen LogP contribution in [0.15, 0.2) is 17.0 Å². The van der Waals surface area contributed by atoms with Crippen LogP contribution in [0, 0.1) is 11.6 Å². The zero-order chi connectivity index (χ0) is 13.3. The number of hydrogen-bond acceptors (Lipinski definition) is 3. The lowest BCUT2D eigenvalue weighted by Gasteiger charge is -2.13. The van der Waals surface area contributed by atoms with E-state index in [1.54, 1.807) is 0 Å². The van der Waals surface area contributed by atoms with Gasteiger partial charge in [-0.05, 0) is 18.9 Å². The number of nitrogen functional groups attached to an aromatic ring is 1. The third-order valence-electron chi connectivity index (χ3n) is 3.02. The van der Waals surface area contributed by atoms with Crippen molar-refractivity contribution in [2.75, 3.05) is 5.73 Å². The van der Waals surface area contributed by atoms with E-state index in [1.807, 2.05) is 0 Å². The molecule has 1 fully saturated rings. The molecular weight excluding hydrogens is 262 g/mol. The Morgan fingerprint density at radius 1 is 1.17 bits per heavy atom. The van der Waals surface area contributed by atoms with Crippen molar-refractivity contribution >= 4 is 15.7 Å². The first-order valence-electron chi connectivity index (χ1n) is 5.67. The first-order chi connectivity index (χ1) is 8.40. The zero-order valence-electron chi connectivity index (χ0n) is 9.62. The number of sulfonamides is 1. The van der Waals surface area contributed by atoms with E-state index in [2.05, 4.69) is 4.72 Å². The third-order valence-corrected chi connectivity index (χ3v) is 4.55. The first kappa shape index (κ1) is 13.2. The molecule has 3 N–H and O–H groups in total. The van der Waals surface area contributed by atoms with Crippen molar-refractivity contribution in [3.05, 3.63) is 23.8 Å². The fraction of sp³-hybridized carbons (Fsp3) is 0.455. The van der Waals surface area contributed by atoms with Gasteiger partial charge in [-0.1, -0.05) is 12.8 Å². The van der Waals surface area contributed by atoms with Crippen LogP contribution in [0.1, 0.15) is 25.7 Å². The highest BCUT2D eigenvalue weighted by Gasteiger charge is 2.26. The first-order valence-corrected chi connectivity index (χ1v) is 7.15. The molecule has 0 amide bonds. The summed E-state index contributed by atoms with van der Waals surface area (Å²) < 4.78 is 52.8. The SMILES string of the molecule is Nc1cc(S(=O)(=O)NC2CCCC2)c(F)cc1F. The summed E-state index contributed by atoms with van der Waals surface area (Å²) in [6.07, 6.45) is 3.36. The van der Waals surface area contributed by atoms with Crippen molar-refractivity contribution in [2.45, 2.75) is 36.6 Å². The molecule has 1 saturated carbocycles. The quantitative estimate of drug-likeness (QED) is 0.826. The molecule has 2 rings (SSSR count). The van der Waals surface area contributed by atoms with Gasteiger partial charge in [-0.3, -0.25) is 0 Å². The van der Waals surface area contributed by atoms with E-state index in [4.69, 9.17) is 5.73 Å². The monoisotopic (exact) mass is 276 g/mol. The molecule has 1 aromatic carbocycles. The summed E-state index contributed by atoms with van der Waals surface area (Å²) >= 11 is 0. The second kappa shape index (κ2) is 4.81. The number of benzene rings is 1. The van der Waals surface area contributed by atoms with E-state index in [1.165, 1.54) is 0 Å². The molecule has 0 heterocycles. The zero-order valence-corrected chi connectivity index (χ0v) is 10.4. The van der Waals surface area contributed by atoms with Gasteiger partial charge in [0, 0.05) is 12.1 Å². The summed E-state index contributed by atoms with van der Waals surface area (Å²) in [6, 6.07) is 1.11. The topological polar surface area (TPSA) is 72.2 Å². The fourth-order valence-corrected chi connectivity index (χ4v) is 3.48. The minimum atomic E-state index is -3.99. The largest absolute Gasteiger partial charge is 0.396 e. The summed E-state index contributed by atoms with van der Waals surface area (Å²) in [4.78, 5) is -0.603. The molecule has 100 valence electrons. The van der Waals surface area contributed by atoms with Gasteiger partial charge in [-0.15, -0.1) is 0 Å². The van der Waals surface area contributed by atoms with Gasteiger partial charge in [-0.25, -0.2) is 21.9 Å². The molecule has 7 heteroatoms. The Labute approximate surface area is 104 Å². The standard InChI is InChI=1S/C11H14F2N2O2S/c12-8-5-9(13)11(6-10(8)14)18(16,17)15-7-3-1-2-4-7/h5-7,15H,1-4,14H2. The average molecular weight is 276 g/mol. The molecule has 0 unspecified atom stereocenters. The van der Waals surface area contributed by atoms with E-state index in [-0.39, 0.29) is 11.7 Å². The molecule has 0 radical (unpaired) electrons. The number of hydrogen-bond donors (Lipinski definition) is 2. The lowest BCUT2D eigenvalue weighted by atomic mass is 10.3. The Bertz CT molecular complexity index is 554. The predicted octanol–water partition coefficient (Wildman–Crippen LogP) is 1.77. The van der Waals surface area contributed by atoms with Gasteiger partial charge in [0.15, 0.2) is 0 Å². The highest BCUT2D eigenvalue weighted by Crippen LogP contribution is 2.24. The van der Waals surface area contributed by atoms with Gasteiger partial charge in [0.05, 0.1) is 5.69 Å². The van der Waals surface area contributed by atoms with Crippen molar-refractivity contribution in [1.82, 2.24) is 4.72 Å². The summed E-state index contributed by atoms with van der Waals surface area (Å²) in [7, 11) is -3.99. The summed E-state index contributed by atoms with van der Waals surface area (Å²) in [5.74, 6) is -2.10. The molecule has 0 aliphatic heterocycles. The van der Waals surface area contributed by atoms with Gasteiger partial charge < -0.3 is 5.73 Å². The molecule has 18 heavy (non-hydrogen) atoms. The minimum Gasteiger partial charge on any atom is -0.396 e. The molecule has 0 bridgehead atoms. The molecule has 1 aliphatic carbocycles. The normalized spacial score (nSPS) is 17.2. The van der Waals surface area contributed by atoms with Crippen LogP contribution in [0.3, 0.4) is 0 Å². The van der Waals surface area contributed by atoms with E-state index < -0.39 is 26.6 Å². The third kappa shape index (κ3) is 2.62. The van der Waals surface area contributed by atoms with E-state index in [9.17, 15) is 17.2 Å². The van der Waals surface area contributed by atoms with E-state index >= 15 is 0 Å². The Kier molecular flexibility index (Phi) is 3.54. The number of rotatable bonds is 3. The minimum absolute atomic E-state index is 0.180. The number of nitrogens with one attached hydrogen (secondary N) is 1. The molecular formula is C11H14F2N2O2S. The van der Waals surface area contributed by atoms with Crippen LogP contribution in [0.25, 0.3) is 0 Å². The van der Waals surface area contributed by atoms with Gasteiger partial charge >= 0.3 is 0 Å². The maximum atomic E-state index is 13.5. The maximum absolute atomic E-state index is 13.5. The average Bonchev–Trinajstić information content (AvgIpc) is 2.75. The van der Waals surface area contributed by atoms with Gasteiger partial charge in [0.25, 0.3) is 0 Å². The molecule has 0 aromatic heterocycles. The van der Waals surface area contributed by atoms with Crippen molar-refractivity contribution in [3.8, 4) is 0 Å². The van der Waals surface area contributed by atoms with Gasteiger partial charge in [0.2, 0.25) is 10.0 Å². The summed E-state index contributed by atoms with van der Waals surface area (Å²) in [5.41, 5.74) is 4.87. The lowest BCUT2D eigenvalue weighted by Crippen LogP contribution is -2.33. The summed E-state index contributed by atoms with van der Waals surface area (Å²) in [6.45, 7) is 0. The second-order valence-electron chi connectivity index (χ2n) is 4.41. The number of nitrogens with two attached hydrogens (primary N) is 1. The summed E-state index contributed by atoms with van der Waals surface area (Å²) in [5, 5.41) is 0. The van der Waals surface area contributed by atoms with Crippen molar-refractivity contribution < 1.29 is 17.2 Å². The van der Waals surface area contributed by atoms with Crippen LogP contribution in [-0.2, 0) is 10.0 Å². The highest BCUT2D eigenvalue weighted by molar-refractivity contribution is 7.89. The molecule has 4 nitrogen and oxygen atoms in total. The molecule has 1 aromatic rings. The molecule has 0 atom stereocenters. The number of halogens is 2. The molecule has 1 aliphatic rings. The van der Waals surface area contributed by atoms with E-state index in [0.717, 1.165) is 31.7 Å².